The second-order valence-corrected chi connectivity index (χ2v) is 6.87. The number of likely N-dealkylation sites (tertiary alicyclic amines) is 1. The van der Waals surface area contributed by atoms with Crippen molar-refractivity contribution in [3.63, 3.8) is 0 Å². The summed E-state index contributed by atoms with van der Waals surface area (Å²) in [5, 5.41) is 4.88. The molecule has 0 spiro atoms. The van der Waals surface area contributed by atoms with Crippen molar-refractivity contribution in [2.45, 2.75) is 52.6 Å². The topological polar surface area (TPSA) is 31.4 Å². The SMILES string of the molecule is CCCN1CCC(NCc2cnc(N(CC)CC)s2)CC1. The summed E-state index contributed by atoms with van der Waals surface area (Å²) in [5.74, 6) is 0. The van der Waals surface area contributed by atoms with Gasteiger partial charge >= 0.3 is 0 Å². The number of aromatic nitrogens is 1. The van der Waals surface area contributed by atoms with Gasteiger partial charge in [0.25, 0.3) is 0 Å². The standard InChI is InChI=1S/C16H30N4S/c1-4-9-19-10-7-14(8-11-19)17-12-15-13-18-16(21-15)20(5-2)6-3/h13-14,17H,4-12H2,1-3H3. The van der Waals surface area contributed by atoms with Gasteiger partial charge < -0.3 is 15.1 Å². The van der Waals surface area contributed by atoms with Crippen molar-refractivity contribution in [2.24, 2.45) is 0 Å². The Morgan fingerprint density at radius 3 is 2.62 bits per heavy atom. The highest BCUT2D eigenvalue weighted by molar-refractivity contribution is 7.15. The Labute approximate surface area is 133 Å². The molecule has 0 amide bonds. The predicted octanol–water partition coefficient (Wildman–Crippen LogP) is 2.95. The fraction of sp³-hybridized carbons (Fsp3) is 0.812. The van der Waals surface area contributed by atoms with Crippen molar-refractivity contribution in [3.8, 4) is 0 Å². The van der Waals surface area contributed by atoms with Gasteiger partial charge in [-0.15, -0.1) is 11.3 Å². The fourth-order valence-corrected chi connectivity index (χ4v) is 3.93. The molecule has 21 heavy (non-hydrogen) atoms. The highest BCUT2D eigenvalue weighted by Gasteiger charge is 2.18. The third-order valence-corrected chi connectivity index (χ3v) is 5.33. The molecule has 0 aromatic carbocycles. The molecule has 2 heterocycles. The summed E-state index contributed by atoms with van der Waals surface area (Å²) >= 11 is 1.83. The van der Waals surface area contributed by atoms with Crippen LogP contribution in [0.5, 0.6) is 0 Å². The van der Waals surface area contributed by atoms with E-state index in [4.69, 9.17) is 0 Å². The largest absolute Gasteiger partial charge is 0.349 e. The fourth-order valence-electron chi connectivity index (χ4n) is 2.94. The van der Waals surface area contributed by atoms with E-state index in [-0.39, 0.29) is 0 Å². The first-order chi connectivity index (χ1) is 10.3. The molecule has 0 bridgehead atoms. The average molecular weight is 311 g/mol. The summed E-state index contributed by atoms with van der Waals surface area (Å²) < 4.78 is 0. The zero-order valence-corrected chi connectivity index (χ0v) is 14.6. The van der Waals surface area contributed by atoms with Gasteiger partial charge in [-0.3, -0.25) is 0 Å². The molecule has 2 rings (SSSR count). The number of hydrogen-bond acceptors (Lipinski definition) is 5. The molecule has 0 aliphatic carbocycles. The van der Waals surface area contributed by atoms with Crippen LogP contribution in [0.25, 0.3) is 0 Å². The van der Waals surface area contributed by atoms with Crippen LogP contribution >= 0.6 is 11.3 Å². The number of hydrogen-bond donors (Lipinski definition) is 1. The highest BCUT2D eigenvalue weighted by Crippen LogP contribution is 2.22. The smallest absolute Gasteiger partial charge is 0.185 e. The van der Waals surface area contributed by atoms with E-state index in [0.717, 1.165) is 24.8 Å². The molecule has 120 valence electrons. The Hall–Kier alpha value is -0.650. The predicted molar refractivity (Wildman–Crippen MR) is 92.3 cm³/mol. The van der Waals surface area contributed by atoms with E-state index in [1.54, 1.807) is 0 Å². The molecule has 1 aromatic heterocycles. The molecule has 1 aliphatic rings. The van der Waals surface area contributed by atoms with Crippen molar-refractivity contribution in [2.75, 3.05) is 37.6 Å². The average Bonchev–Trinajstić information content (AvgIpc) is 2.97. The van der Waals surface area contributed by atoms with Gasteiger partial charge in [0.05, 0.1) is 0 Å². The molecule has 1 aromatic rings. The van der Waals surface area contributed by atoms with Crippen LogP contribution in [0.2, 0.25) is 0 Å². The number of piperidine rings is 1. The lowest BCUT2D eigenvalue weighted by Gasteiger charge is -2.32. The monoisotopic (exact) mass is 310 g/mol. The zero-order valence-electron chi connectivity index (χ0n) is 13.8. The van der Waals surface area contributed by atoms with E-state index in [0.29, 0.717) is 6.04 Å². The van der Waals surface area contributed by atoms with Crippen LogP contribution in [0, 0.1) is 0 Å². The molecule has 0 unspecified atom stereocenters. The van der Waals surface area contributed by atoms with Crippen molar-refractivity contribution >= 4 is 16.5 Å². The minimum atomic E-state index is 0.678. The van der Waals surface area contributed by atoms with Crippen molar-refractivity contribution in [3.05, 3.63) is 11.1 Å². The summed E-state index contributed by atoms with van der Waals surface area (Å²) in [6.07, 6.45) is 5.87. The van der Waals surface area contributed by atoms with Gasteiger partial charge in [-0.25, -0.2) is 4.98 Å². The number of rotatable bonds is 8. The summed E-state index contributed by atoms with van der Waals surface area (Å²) in [6, 6.07) is 0.678. The summed E-state index contributed by atoms with van der Waals surface area (Å²) in [7, 11) is 0. The molecule has 0 atom stereocenters. The van der Waals surface area contributed by atoms with Crippen molar-refractivity contribution < 1.29 is 0 Å². The molecule has 1 N–H and O–H groups in total. The first-order valence-corrected chi connectivity index (χ1v) is 9.23. The number of thiazole rings is 1. The van der Waals surface area contributed by atoms with E-state index in [1.165, 1.54) is 43.8 Å². The Kier molecular flexibility index (Phi) is 6.93. The van der Waals surface area contributed by atoms with Gasteiger partial charge in [-0.2, -0.15) is 0 Å². The lowest BCUT2D eigenvalue weighted by Crippen LogP contribution is -2.42. The minimum absolute atomic E-state index is 0.678. The van der Waals surface area contributed by atoms with Crippen LogP contribution < -0.4 is 10.2 Å². The van der Waals surface area contributed by atoms with Crippen molar-refractivity contribution in [1.29, 1.82) is 0 Å². The molecule has 1 saturated heterocycles. The molecular formula is C16H30N4S. The quantitative estimate of drug-likeness (QED) is 0.800. The molecule has 5 heteroatoms. The number of nitrogens with zero attached hydrogens (tertiary/aromatic N) is 3. The van der Waals surface area contributed by atoms with Crippen LogP contribution in [0.3, 0.4) is 0 Å². The molecule has 1 aliphatic heterocycles. The third kappa shape index (κ3) is 4.94. The van der Waals surface area contributed by atoms with E-state index in [1.807, 2.05) is 17.5 Å². The Morgan fingerprint density at radius 2 is 2.00 bits per heavy atom. The van der Waals surface area contributed by atoms with Crippen LogP contribution in [0.4, 0.5) is 5.13 Å². The molecule has 0 radical (unpaired) electrons. The maximum absolute atomic E-state index is 4.55. The van der Waals surface area contributed by atoms with Crippen LogP contribution in [0.15, 0.2) is 6.20 Å². The summed E-state index contributed by atoms with van der Waals surface area (Å²) in [4.78, 5) is 10.8. The first-order valence-electron chi connectivity index (χ1n) is 8.42. The lowest BCUT2D eigenvalue weighted by molar-refractivity contribution is 0.197. The zero-order chi connectivity index (χ0) is 15.1. The van der Waals surface area contributed by atoms with Crippen LogP contribution in [-0.2, 0) is 6.54 Å². The number of nitrogens with one attached hydrogen (secondary N) is 1. The molecule has 1 fully saturated rings. The van der Waals surface area contributed by atoms with E-state index in [2.05, 4.69) is 40.9 Å². The summed E-state index contributed by atoms with van der Waals surface area (Å²) in [6.45, 7) is 13.4. The first kappa shape index (κ1) is 16.7. The second-order valence-electron chi connectivity index (χ2n) is 5.78. The van der Waals surface area contributed by atoms with E-state index >= 15 is 0 Å². The van der Waals surface area contributed by atoms with Crippen LogP contribution in [-0.4, -0.2) is 48.6 Å². The summed E-state index contributed by atoms with van der Waals surface area (Å²) in [5.41, 5.74) is 0. The number of anilines is 1. The maximum Gasteiger partial charge on any atom is 0.185 e. The second kappa shape index (κ2) is 8.71. The van der Waals surface area contributed by atoms with Gasteiger partial charge in [0.1, 0.15) is 0 Å². The van der Waals surface area contributed by atoms with Gasteiger partial charge in [0, 0.05) is 36.8 Å². The molecular weight excluding hydrogens is 280 g/mol. The normalized spacial score (nSPS) is 17.3. The van der Waals surface area contributed by atoms with E-state index < -0.39 is 0 Å². The van der Waals surface area contributed by atoms with Crippen LogP contribution in [0.1, 0.15) is 44.9 Å². The highest BCUT2D eigenvalue weighted by atomic mass is 32.1. The van der Waals surface area contributed by atoms with Crippen molar-refractivity contribution in [1.82, 2.24) is 15.2 Å². The lowest BCUT2D eigenvalue weighted by atomic mass is 10.0. The third-order valence-electron chi connectivity index (χ3n) is 4.27. The van der Waals surface area contributed by atoms with Gasteiger partial charge in [-0.1, -0.05) is 6.92 Å². The molecule has 4 nitrogen and oxygen atoms in total. The maximum atomic E-state index is 4.55. The Bertz CT molecular complexity index is 395. The molecule has 0 saturated carbocycles. The minimum Gasteiger partial charge on any atom is -0.349 e. The van der Waals surface area contributed by atoms with Gasteiger partial charge in [0.2, 0.25) is 0 Å². The Morgan fingerprint density at radius 1 is 1.29 bits per heavy atom. The van der Waals surface area contributed by atoms with E-state index in [9.17, 15) is 0 Å². The van der Waals surface area contributed by atoms with Gasteiger partial charge in [0.15, 0.2) is 5.13 Å². The van der Waals surface area contributed by atoms with Gasteiger partial charge in [-0.05, 0) is 52.7 Å². The Balaban J connectivity index is 1.74.